The number of H-pyrrole nitrogens is 1. The Morgan fingerprint density at radius 2 is 2.00 bits per heavy atom. The number of benzene rings is 1. The Bertz CT molecular complexity index is 563. The maximum Gasteiger partial charge on any atom is 0.145 e. The molecule has 5 heteroatoms. The van der Waals surface area contributed by atoms with Crippen LogP contribution < -0.4 is 10.5 Å². The average Bonchev–Trinajstić information content (AvgIpc) is 2.69. The van der Waals surface area contributed by atoms with E-state index in [0.29, 0.717) is 5.82 Å². The summed E-state index contributed by atoms with van der Waals surface area (Å²) in [6.45, 7) is 4.06. The quantitative estimate of drug-likeness (QED) is 0.895. The highest BCUT2D eigenvalue weighted by atomic mass is 79.9. The summed E-state index contributed by atoms with van der Waals surface area (Å²) in [5, 5.41) is 6.85. The number of halogens is 1. The number of nitrogens with two attached hydrogens (primary N) is 1. The van der Waals surface area contributed by atoms with Crippen LogP contribution in [0.4, 0.5) is 5.82 Å². The second kappa shape index (κ2) is 4.41. The fourth-order valence-corrected chi connectivity index (χ4v) is 2.42. The summed E-state index contributed by atoms with van der Waals surface area (Å²) in [5.74, 6) is 1.29. The zero-order valence-electron chi connectivity index (χ0n) is 9.97. The molecule has 0 unspecified atom stereocenters. The maximum absolute atomic E-state index is 5.64. The molecule has 0 aliphatic carbocycles. The molecule has 3 N–H and O–H groups in total. The summed E-state index contributed by atoms with van der Waals surface area (Å²) >= 11 is 3.58. The standard InChI is InChI=1S/C12H14BrN3O/c1-6-4-7(2)12(17-3)10(11(6)13)8-5-9(14)16-15-8/h4-5H,1-3H3,(H3,14,15,16). The fourth-order valence-electron chi connectivity index (χ4n) is 1.92. The van der Waals surface area contributed by atoms with Gasteiger partial charge in [0.2, 0.25) is 0 Å². The molecule has 0 aliphatic rings. The van der Waals surface area contributed by atoms with Crippen molar-refractivity contribution in [1.29, 1.82) is 0 Å². The van der Waals surface area contributed by atoms with Gasteiger partial charge in [-0.15, -0.1) is 0 Å². The van der Waals surface area contributed by atoms with Crippen molar-refractivity contribution in [1.82, 2.24) is 10.2 Å². The van der Waals surface area contributed by atoms with Gasteiger partial charge in [0.25, 0.3) is 0 Å². The number of hydrogen-bond donors (Lipinski definition) is 2. The number of ether oxygens (including phenoxy) is 1. The molecule has 2 rings (SSSR count). The molecular weight excluding hydrogens is 282 g/mol. The third kappa shape index (κ3) is 2.02. The zero-order chi connectivity index (χ0) is 12.6. The van der Waals surface area contributed by atoms with Gasteiger partial charge in [0.1, 0.15) is 11.6 Å². The van der Waals surface area contributed by atoms with Crippen molar-refractivity contribution in [3.05, 3.63) is 27.7 Å². The van der Waals surface area contributed by atoms with Crippen molar-refractivity contribution in [3.63, 3.8) is 0 Å². The molecule has 2 aromatic rings. The lowest BCUT2D eigenvalue weighted by molar-refractivity contribution is 0.413. The number of aryl methyl sites for hydroxylation is 2. The van der Waals surface area contributed by atoms with Crippen molar-refractivity contribution in [2.45, 2.75) is 13.8 Å². The molecular formula is C12H14BrN3O. The SMILES string of the molecule is COc1c(C)cc(C)c(Br)c1-c1cc(N)n[nH]1. The number of hydrogen-bond acceptors (Lipinski definition) is 3. The highest BCUT2D eigenvalue weighted by Crippen LogP contribution is 2.40. The maximum atomic E-state index is 5.64. The number of aromatic nitrogens is 2. The van der Waals surface area contributed by atoms with Crippen molar-refractivity contribution in [2.75, 3.05) is 12.8 Å². The fraction of sp³-hybridized carbons (Fsp3) is 0.250. The Hall–Kier alpha value is -1.49. The molecule has 0 saturated carbocycles. The predicted molar refractivity (Wildman–Crippen MR) is 72.2 cm³/mol. The van der Waals surface area contributed by atoms with Gasteiger partial charge < -0.3 is 10.5 Å². The van der Waals surface area contributed by atoms with Gasteiger partial charge in [-0.3, -0.25) is 5.10 Å². The number of anilines is 1. The van der Waals surface area contributed by atoms with E-state index >= 15 is 0 Å². The van der Waals surface area contributed by atoms with Gasteiger partial charge in [0.15, 0.2) is 0 Å². The summed E-state index contributed by atoms with van der Waals surface area (Å²) in [7, 11) is 1.66. The minimum Gasteiger partial charge on any atom is -0.496 e. The van der Waals surface area contributed by atoms with Crippen LogP contribution in [-0.4, -0.2) is 17.3 Å². The highest BCUT2D eigenvalue weighted by molar-refractivity contribution is 9.10. The van der Waals surface area contributed by atoms with Crippen LogP contribution in [0.1, 0.15) is 11.1 Å². The minimum atomic E-state index is 0.466. The molecule has 1 heterocycles. The zero-order valence-corrected chi connectivity index (χ0v) is 11.6. The van der Waals surface area contributed by atoms with E-state index in [1.807, 2.05) is 13.8 Å². The lowest BCUT2D eigenvalue weighted by Gasteiger charge is -2.14. The first-order valence-corrected chi connectivity index (χ1v) is 5.98. The van der Waals surface area contributed by atoms with Crippen LogP contribution >= 0.6 is 15.9 Å². The number of nitrogens with zero attached hydrogens (tertiary/aromatic N) is 1. The molecule has 0 amide bonds. The van der Waals surface area contributed by atoms with E-state index < -0.39 is 0 Å². The van der Waals surface area contributed by atoms with Gasteiger partial charge in [-0.25, -0.2) is 0 Å². The summed E-state index contributed by atoms with van der Waals surface area (Å²) in [5.41, 5.74) is 9.66. The lowest BCUT2D eigenvalue weighted by atomic mass is 10.0. The topological polar surface area (TPSA) is 63.9 Å². The molecule has 1 aromatic heterocycles. The first kappa shape index (κ1) is 12.0. The molecule has 1 aromatic carbocycles. The van der Waals surface area contributed by atoms with E-state index in [2.05, 4.69) is 32.2 Å². The first-order valence-electron chi connectivity index (χ1n) is 5.19. The first-order chi connectivity index (χ1) is 8.04. The van der Waals surface area contributed by atoms with Gasteiger partial charge in [-0.1, -0.05) is 6.07 Å². The molecule has 0 saturated heterocycles. The van der Waals surface area contributed by atoms with Gasteiger partial charge >= 0.3 is 0 Å². The highest BCUT2D eigenvalue weighted by Gasteiger charge is 2.16. The predicted octanol–water partition coefficient (Wildman–Crippen LogP) is 3.05. The molecule has 0 bridgehead atoms. The molecule has 17 heavy (non-hydrogen) atoms. The Morgan fingerprint density at radius 1 is 1.29 bits per heavy atom. The second-order valence-corrected chi connectivity index (χ2v) is 4.73. The third-order valence-corrected chi connectivity index (χ3v) is 3.68. The number of nitrogens with one attached hydrogen (secondary N) is 1. The molecule has 4 nitrogen and oxygen atoms in total. The number of nitrogen functional groups attached to an aromatic ring is 1. The van der Waals surface area contributed by atoms with Crippen molar-refractivity contribution in [3.8, 4) is 17.0 Å². The molecule has 0 aliphatic heterocycles. The van der Waals surface area contributed by atoms with Crippen LogP contribution in [0.15, 0.2) is 16.6 Å². The van der Waals surface area contributed by atoms with Crippen LogP contribution in [0.5, 0.6) is 5.75 Å². The summed E-state index contributed by atoms with van der Waals surface area (Å²) in [4.78, 5) is 0. The Morgan fingerprint density at radius 3 is 2.53 bits per heavy atom. The summed E-state index contributed by atoms with van der Waals surface area (Å²) in [6.07, 6.45) is 0. The normalized spacial score (nSPS) is 10.6. The minimum absolute atomic E-state index is 0.466. The van der Waals surface area contributed by atoms with E-state index in [-0.39, 0.29) is 0 Å². The average molecular weight is 296 g/mol. The summed E-state index contributed by atoms with van der Waals surface area (Å²) in [6, 6.07) is 3.87. The van der Waals surface area contributed by atoms with Gasteiger partial charge in [-0.2, -0.15) is 5.10 Å². The van der Waals surface area contributed by atoms with Gasteiger partial charge in [0.05, 0.1) is 18.4 Å². The number of aromatic amines is 1. The molecule has 0 atom stereocenters. The van der Waals surface area contributed by atoms with E-state index in [4.69, 9.17) is 10.5 Å². The van der Waals surface area contributed by atoms with E-state index in [1.165, 1.54) is 0 Å². The van der Waals surface area contributed by atoms with Crippen LogP contribution in [0.25, 0.3) is 11.3 Å². The second-order valence-electron chi connectivity index (χ2n) is 3.94. The largest absolute Gasteiger partial charge is 0.496 e. The van der Waals surface area contributed by atoms with E-state index in [1.54, 1.807) is 13.2 Å². The summed E-state index contributed by atoms with van der Waals surface area (Å²) < 4.78 is 6.45. The molecule has 0 radical (unpaired) electrons. The molecule has 0 fully saturated rings. The van der Waals surface area contributed by atoms with Gasteiger partial charge in [0, 0.05) is 10.5 Å². The van der Waals surface area contributed by atoms with Crippen LogP contribution in [-0.2, 0) is 0 Å². The van der Waals surface area contributed by atoms with Crippen LogP contribution in [0.2, 0.25) is 0 Å². The molecule has 0 spiro atoms. The Kier molecular flexibility index (Phi) is 3.11. The van der Waals surface area contributed by atoms with Crippen LogP contribution in [0, 0.1) is 13.8 Å². The van der Waals surface area contributed by atoms with Crippen molar-refractivity contribution >= 4 is 21.7 Å². The Labute approximate surface area is 108 Å². The Balaban J connectivity index is 2.74. The number of rotatable bonds is 2. The van der Waals surface area contributed by atoms with Gasteiger partial charge in [-0.05, 0) is 40.9 Å². The monoisotopic (exact) mass is 295 g/mol. The molecule has 90 valence electrons. The van der Waals surface area contributed by atoms with Crippen molar-refractivity contribution < 1.29 is 4.74 Å². The third-order valence-electron chi connectivity index (χ3n) is 2.66. The van der Waals surface area contributed by atoms with Crippen LogP contribution in [0.3, 0.4) is 0 Å². The number of methoxy groups -OCH3 is 1. The lowest BCUT2D eigenvalue weighted by Crippen LogP contribution is -1.95. The van der Waals surface area contributed by atoms with E-state index in [9.17, 15) is 0 Å². The smallest absolute Gasteiger partial charge is 0.145 e. The van der Waals surface area contributed by atoms with E-state index in [0.717, 1.165) is 32.6 Å². The van der Waals surface area contributed by atoms with Crippen molar-refractivity contribution in [2.24, 2.45) is 0 Å².